The second-order valence-electron chi connectivity index (χ2n) is 4.28. The Balaban J connectivity index is 1.91. The van der Waals surface area contributed by atoms with E-state index in [9.17, 15) is 5.11 Å². The average Bonchev–Trinajstić information content (AvgIpc) is 2.70. The summed E-state index contributed by atoms with van der Waals surface area (Å²) in [7, 11) is 0. The van der Waals surface area contributed by atoms with E-state index >= 15 is 0 Å². The van der Waals surface area contributed by atoms with Crippen molar-refractivity contribution < 1.29 is 14.6 Å². The van der Waals surface area contributed by atoms with Crippen LogP contribution >= 0.6 is 0 Å². The van der Waals surface area contributed by atoms with Gasteiger partial charge in [0.1, 0.15) is 0 Å². The van der Waals surface area contributed by atoms with E-state index in [0.717, 1.165) is 45.3 Å². The van der Waals surface area contributed by atoms with E-state index in [4.69, 9.17) is 9.47 Å². The van der Waals surface area contributed by atoms with Crippen LogP contribution in [-0.4, -0.2) is 37.1 Å². The number of unbranched alkanes of at least 4 members (excludes halogenated alkanes) is 1. The first kappa shape index (κ1) is 12.9. The molecule has 0 amide bonds. The highest BCUT2D eigenvalue weighted by Gasteiger charge is 2.19. The van der Waals surface area contributed by atoms with Crippen molar-refractivity contribution in [1.29, 1.82) is 0 Å². The van der Waals surface area contributed by atoms with Crippen molar-refractivity contribution in [3.63, 3.8) is 0 Å². The highest BCUT2D eigenvalue weighted by Crippen LogP contribution is 2.17. The van der Waals surface area contributed by atoms with Crippen LogP contribution in [-0.2, 0) is 9.47 Å². The molecule has 1 aliphatic heterocycles. The van der Waals surface area contributed by atoms with Crippen LogP contribution in [0.1, 0.15) is 45.4 Å². The molecule has 2 unspecified atom stereocenters. The Morgan fingerprint density at radius 1 is 1.47 bits per heavy atom. The zero-order valence-electron chi connectivity index (χ0n) is 9.78. The summed E-state index contributed by atoms with van der Waals surface area (Å²) in [5.41, 5.74) is 0. The molecule has 3 nitrogen and oxygen atoms in total. The summed E-state index contributed by atoms with van der Waals surface area (Å²) < 4.78 is 10.9. The molecule has 1 heterocycles. The predicted octanol–water partition coefficient (Wildman–Crippen LogP) is 2.12. The number of hydrogen-bond acceptors (Lipinski definition) is 3. The predicted molar refractivity (Wildman–Crippen MR) is 59.9 cm³/mol. The lowest BCUT2D eigenvalue weighted by Crippen LogP contribution is -2.18. The van der Waals surface area contributed by atoms with Crippen molar-refractivity contribution >= 4 is 0 Å². The van der Waals surface area contributed by atoms with Gasteiger partial charge in [0.05, 0.1) is 12.2 Å². The maximum absolute atomic E-state index is 9.71. The molecule has 0 bridgehead atoms. The topological polar surface area (TPSA) is 38.7 Å². The summed E-state index contributed by atoms with van der Waals surface area (Å²) in [4.78, 5) is 0. The first-order chi connectivity index (χ1) is 7.33. The standard InChI is InChI=1S/C12H24O3/c1-2-3-7-14-9-6-11(13)10-12-5-4-8-15-12/h11-13H,2-10H2,1H3. The van der Waals surface area contributed by atoms with E-state index in [2.05, 4.69) is 6.92 Å². The van der Waals surface area contributed by atoms with E-state index in [-0.39, 0.29) is 12.2 Å². The molecule has 1 aliphatic rings. The number of aliphatic hydroxyl groups excluding tert-OH is 1. The summed E-state index contributed by atoms with van der Waals surface area (Å²) >= 11 is 0. The van der Waals surface area contributed by atoms with Crippen molar-refractivity contribution in [2.45, 2.75) is 57.7 Å². The molecule has 0 aromatic heterocycles. The van der Waals surface area contributed by atoms with Crippen molar-refractivity contribution in [2.24, 2.45) is 0 Å². The quantitative estimate of drug-likeness (QED) is 0.632. The second kappa shape index (κ2) is 8.08. The van der Waals surface area contributed by atoms with Crippen LogP contribution in [0.15, 0.2) is 0 Å². The minimum atomic E-state index is -0.255. The molecular weight excluding hydrogens is 192 g/mol. The molecule has 0 radical (unpaired) electrons. The van der Waals surface area contributed by atoms with Gasteiger partial charge in [-0.25, -0.2) is 0 Å². The molecule has 1 fully saturated rings. The fourth-order valence-corrected chi connectivity index (χ4v) is 1.82. The van der Waals surface area contributed by atoms with E-state index in [1.54, 1.807) is 0 Å². The van der Waals surface area contributed by atoms with Crippen molar-refractivity contribution in [3.8, 4) is 0 Å². The Morgan fingerprint density at radius 2 is 2.33 bits per heavy atom. The van der Waals surface area contributed by atoms with Gasteiger partial charge in [-0.1, -0.05) is 13.3 Å². The summed E-state index contributed by atoms with van der Waals surface area (Å²) in [5, 5.41) is 9.71. The lowest BCUT2D eigenvalue weighted by Gasteiger charge is -2.15. The molecule has 0 saturated carbocycles. The van der Waals surface area contributed by atoms with Crippen LogP contribution in [0.4, 0.5) is 0 Å². The van der Waals surface area contributed by atoms with E-state index < -0.39 is 0 Å². The van der Waals surface area contributed by atoms with Gasteiger partial charge in [0.15, 0.2) is 0 Å². The van der Waals surface area contributed by atoms with Crippen LogP contribution in [0.5, 0.6) is 0 Å². The molecule has 0 aromatic carbocycles. The lowest BCUT2D eigenvalue weighted by molar-refractivity contribution is 0.0317. The molecule has 1 saturated heterocycles. The van der Waals surface area contributed by atoms with Crippen LogP contribution in [0, 0.1) is 0 Å². The van der Waals surface area contributed by atoms with Gasteiger partial charge in [0.25, 0.3) is 0 Å². The summed E-state index contributed by atoms with van der Waals surface area (Å²) in [6.07, 6.45) is 6.07. The SMILES string of the molecule is CCCCOCCC(O)CC1CCCO1. The molecule has 0 spiro atoms. The zero-order chi connectivity index (χ0) is 10.9. The van der Waals surface area contributed by atoms with Gasteiger partial charge < -0.3 is 14.6 Å². The van der Waals surface area contributed by atoms with Gasteiger partial charge in [-0.2, -0.15) is 0 Å². The Hall–Kier alpha value is -0.120. The van der Waals surface area contributed by atoms with Gasteiger partial charge in [0, 0.05) is 19.8 Å². The molecule has 0 aliphatic carbocycles. The number of rotatable bonds is 8. The number of aliphatic hydroxyl groups is 1. The van der Waals surface area contributed by atoms with Crippen LogP contribution in [0.25, 0.3) is 0 Å². The van der Waals surface area contributed by atoms with Crippen molar-refractivity contribution in [2.75, 3.05) is 19.8 Å². The molecule has 3 heteroatoms. The molecule has 1 rings (SSSR count). The Morgan fingerprint density at radius 3 is 3.00 bits per heavy atom. The van der Waals surface area contributed by atoms with Gasteiger partial charge in [0.2, 0.25) is 0 Å². The van der Waals surface area contributed by atoms with Crippen molar-refractivity contribution in [3.05, 3.63) is 0 Å². The van der Waals surface area contributed by atoms with Crippen LogP contribution in [0.2, 0.25) is 0 Å². The first-order valence-corrected chi connectivity index (χ1v) is 6.20. The van der Waals surface area contributed by atoms with E-state index in [1.165, 1.54) is 6.42 Å². The highest BCUT2D eigenvalue weighted by atomic mass is 16.5. The monoisotopic (exact) mass is 216 g/mol. The minimum absolute atomic E-state index is 0.255. The number of hydrogen-bond donors (Lipinski definition) is 1. The average molecular weight is 216 g/mol. The van der Waals surface area contributed by atoms with Crippen LogP contribution in [0.3, 0.4) is 0 Å². The van der Waals surface area contributed by atoms with E-state index in [1.807, 2.05) is 0 Å². The largest absolute Gasteiger partial charge is 0.393 e. The van der Waals surface area contributed by atoms with Gasteiger partial charge in [-0.05, 0) is 32.1 Å². The molecule has 0 aromatic rings. The third-order valence-electron chi connectivity index (χ3n) is 2.80. The Bertz CT molecular complexity index is 144. The lowest BCUT2D eigenvalue weighted by atomic mass is 10.1. The Kier molecular flexibility index (Phi) is 6.98. The van der Waals surface area contributed by atoms with Crippen LogP contribution < -0.4 is 0 Å². The summed E-state index contributed by atoms with van der Waals surface area (Å²) in [5.74, 6) is 0. The summed E-state index contributed by atoms with van der Waals surface area (Å²) in [6, 6.07) is 0. The van der Waals surface area contributed by atoms with Crippen molar-refractivity contribution in [1.82, 2.24) is 0 Å². The maximum atomic E-state index is 9.71. The third kappa shape index (κ3) is 6.13. The fraction of sp³-hybridized carbons (Fsp3) is 1.00. The van der Waals surface area contributed by atoms with E-state index in [0.29, 0.717) is 6.61 Å². The van der Waals surface area contributed by atoms with Gasteiger partial charge in [-0.3, -0.25) is 0 Å². The summed E-state index contributed by atoms with van der Waals surface area (Å²) in [6.45, 7) is 4.51. The molecular formula is C12H24O3. The zero-order valence-corrected chi connectivity index (χ0v) is 9.78. The molecule has 15 heavy (non-hydrogen) atoms. The second-order valence-corrected chi connectivity index (χ2v) is 4.28. The van der Waals surface area contributed by atoms with Gasteiger partial charge >= 0.3 is 0 Å². The molecule has 1 N–H and O–H groups in total. The highest BCUT2D eigenvalue weighted by molar-refractivity contribution is 4.69. The fourth-order valence-electron chi connectivity index (χ4n) is 1.82. The van der Waals surface area contributed by atoms with Gasteiger partial charge in [-0.15, -0.1) is 0 Å². The minimum Gasteiger partial charge on any atom is -0.393 e. The molecule has 90 valence electrons. The molecule has 2 atom stereocenters. The first-order valence-electron chi connectivity index (χ1n) is 6.20. The Labute approximate surface area is 92.8 Å². The smallest absolute Gasteiger partial charge is 0.0600 e. The third-order valence-corrected chi connectivity index (χ3v) is 2.80. The number of ether oxygens (including phenoxy) is 2. The maximum Gasteiger partial charge on any atom is 0.0600 e. The normalized spacial score (nSPS) is 23.2.